The van der Waals surface area contributed by atoms with E-state index in [1.165, 1.54) is 12.8 Å². The van der Waals surface area contributed by atoms with Crippen LogP contribution in [0.25, 0.3) is 11.4 Å². The molecule has 0 unspecified atom stereocenters. The number of hydrogen-bond donors (Lipinski definition) is 1. The summed E-state index contributed by atoms with van der Waals surface area (Å²) >= 11 is 0. The molecule has 1 saturated carbocycles. The van der Waals surface area contributed by atoms with Gasteiger partial charge < -0.3 is 5.32 Å². The quantitative estimate of drug-likeness (QED) is 0.880. The molecule has 0 atom stereocenters. The van der Waals surface area contributed by atoms with Gasteiger partial charge in [0.1, 0.15) is 5.82 Å². The molecule has 2 aromatic rings. The molecule has 21 heavy (non-hydrogen) atoms. The first-order valence-electron chi connectivity index (χ1n) is 7.84. The van der Waals surface area contributed by atoms with Crippen LogP contribution in [0.5, 0.6) is 0 Å². The normalized spacial score (nSPS) is 14.7. The first kappa shape index (κ1) is 14.0. The Labute approximate surface area is 125 Å². The zero-order chi connectivity index (χ0) is 14.8. The molecule has 5 heteroatoms. The van der Waals surface area contributed by atoms with Crippen LogP contribution in [0.2, 0.25) is 0 Å². The molecule has 0 amide bonds. The van der Waals surface area contributed by atoms with Crippen molar-refractivity contribution in [2.45, 2.75) is 52.0 Å². The maximum Gasteiger partial charge on any atom is 0.164 e. The maximum atomic E-state index is 4.74. The number of anilines is 1. The van der Waals surface area contributed by atoms with E-state index in [0.717, 1.165) is 35.9 Å². The number of rotatable bonds is 6. The van der Waals surface area contributed by atoms with E-state index in [-0.39, 0.29) is 0 Å². The van der Waals surface area contributed by atoms with Crippen LogP contribution in [-0.2, 0) is 0 Å². The third-order valence-electron chi connectivity index (χ3n) is 3.69. The summed E-state index contributed by atoms with van der Waals surface area (Å²) in [5.41, 5.74) is 2.15. The van der Waals surface area contributed by atoms with Gasteiger partial charge in [-0.2, -0.15) is 5.10 Å². The van der Waals surface area contributed by atoms with Gasteiger partial charge >= 0.3 is 0 Å². The third kappa shape index (κ3) is 3.23. The topological polar surface area (TPSA) is 55.6 Å². The van der Waals surface area contributed by atoms with Gasteiger partial charge in [0.05, 0.1) is 11.8 Å². The van der Waals surface area contributed by atoms with Crippen molar-refractivity contribution in [3.63, 3.8) is 0 Å². The number of hydrogen-bond acceptors (Lipinski definition) is 4. The lowest BCUT2D eigenvalue weighted by Gasteiger charge is -2.08. The molecule has 0 bridgehead atoms. The number of aromatic nitrogens is 4. The van der Waals surface area contributed by atoms with Crippen molar-refractivity contribution in [3.05, 3.63) is 24.2 Å². The monoisotopic (exact) mass is 285 g/mol. The van der Waals surface area contributed by atoms with Crippen molar-refractivity contribution in [3.8, 4) is 11.4 Å². The van der Waals surface area contributed by atoms with Crippen LogP contribution in [0.15, 0.2) is 18.5 Å². The summed E-state index contributed by atoms with van der Waals surface area (Å²) < 4.78 is 1.95. The molecule has 0 aliphatic heterocycles. The van der Waals surface area contributed by atoms with Crippen LogP contribution in [0.1, 0.15) is 57.7 Å². The zero-order valence-corrected chi connectivity index (χ0v) is 13.0. The van der Waals surface area contributed by atoms with Crippen LogP contribution >= 0.6 is 0 Å². The average Bonchev–Trinajstić information content (AvgIpc) is 3.21. The Bertz CT molecular complexity index is 613. The second-order valence-electron chi connectivity index (χ2n) is 6.01. The molecule has 3 rings (SSSR count). The minimum atomic E-state index is 0.350. The Morgan fingerprint density at radius 1 is 1.33 bits per heavy atom. The zero-order valence-electron chi connectivity index (χ0n) is 13.0. The predicted molar refractivity (Wildman–Crippen MR) is 84.4 cm³/mol. The fraction of sp³-hybridized carbons (Fsp3) is 0.562. The first-order valence-corrected chi connectivity index (χ1v) is 7.84. The second kappa shape index (κ2) is 5.84. The molecule has 0 radical (unpaired) electrons. The summed E-state index contributed by atoms with van der Waals surface area (Å²) in [6, 6.07) is 2.45. The SMILES string of the molecule is CCCNc1cc(C2CC2)nc(-c2cnn(C(C)C)c2)n1. The molecule has 0 spiro atoms. The fourth-order valence-corrected chi connectivity index (χ4v) is 2.26. The molecule has 1 N–H and O–H groups in total. The smallest absolute Gasteiger partial charge is 0.164 e. The van der Waals surface area contributed by atoms with Gasteiger partial charge in [0, 0.05) is 36.5 Å². The maximum absolute atomic E-state index is 4.74. The van der Waals surface area contributed by atoms with Crippen molar-refractivity contribution in [2.24, 2.45) is 0 Å². The highest BCUT2D eigenvalue weighted by molar-refractivity contribution is 5.56. The highest BCUT2D eigenvalue weighted by Crippen LogP contribution is 2.40. The summed E-state index contributed by atoms with van der Waals surface area (Å²) in [5.74, 6) is 2.33. The largest absolute Gasteiger partial charge is 0.370 e. The van der Waals surface area contributed by atoms with Crippen molar-refractivity contribution < 1.29 is 0 Å². The van der Waals surface area contributed by atoms with Crippen molar-refractivity contribution in [1.29, 1.82) is 0 Å². The van der Waals surface area contributed by atoms with E-state index in [9.17, 15) is 0 Å². The summed E-state index contributed by atoms with van der Waals surface area (Å²) in [5, 5.41) is 7.77. The van der Waals surface area contributed by atoms with E-state index in [0.29, 0.717) is 12.0 Å². The highest BCUT2D eigenvalue weighted by Gasteiger charge is 2.26. The lowest BCUT2D eigenvalue weighted by atomic mass is 10.2. The van der Waals surface area contributed by atoms with Gasteiger partial charge in [-0.25, -0.2) is 9.97 Å². The van der Waals surface area contributed by atoms with Crippen LogP contribution in [0.3, 0.4) is 0 Å². The molecule has 1 aliphatic rings. The minimum absolute atomic E-state index is 0.350. The van der Waals surface area contributed by atoms with Gasteiger partial charge in [0.25, 0.3) is 0 Å². The van der Waals surface area contributed by atoms with Gasteiger partial charge in [-0.1, -0.05) is 6.92 Å². The number of nitrogens with one attached hydrogen (secondary N) is 1. The van der Waals surface area contributed by atoms with Gasteiger partial charge in [0.2, 0.25) is 0 Å². The van der Waals surface area contributed by atoms with E-state index in [1.807, 2.05) is 17.1 Å². The third-order valence-corrected chi connectivity index (χ3v) is 3.69. The molecular formula is C16H23N5. The molecule has 2 aromatic heterocycles. The van der Waals surface area contributed by atoms with Crippen LogP contribution in [0.4, 0.5) is 5.82 Å². The van der Waals surface area contributed by atoms with Gasteiger partial charge in [-0.15, -0.1) is 0 Å². The summed E-state index contributed by atoms with van der Waals surface area (Å²) in [6.45, 7) is 7.33. The molecule has 2 heterocycles. The van der Waals surface area contributed by atoms with E-state index >= 15 is 0 Å². The van der Waals surface area contributed by atoms with Gasteiger partial charge in [-0.05, 0) is 33.1 Å². The Balaban J connectivity index is 1.93. The number of nitrogens with zero attached hydrogens (tertiary/aromatic N) is 4. The Hall–Kier alpha value is -1.91. The summed E-state index contributed by atoms with van der Waals surface area (Å²) in [4.78, 5) is 9.39. The van der Waals surface area contributed by atoms with Crippen molar-refractivity contribution in [1.82, 2.24) is 19.7 Å². The summed E-state index contributed by atoms with van der Waals surface area (Å²) in [7, 11) is 0. The van der Waals surface area contributed by atoms with Crippen molar-refractivity contribution in [2.75, 3.05) is 11.9 Å². The van der Waals surface area contributed by atoms with Gasteiger partial charge in [0.15, 0.2) is 5.82 Å². The van der Waals surface area contributed by atoms with E-state index in [2.05, 4.69) is 42.2 Å². The predicted octanol–water partition coefficient (Wildman–Crippen LogP) is 3.62. The molecule has 1 fully saturated rings. The molecule has 0 saturated heterocycles. The lowest BCUT2D eigenvalue weighted by Crippen LogP contribution is -2.05. The van der Waals surface area contributed by atoms with E-state index < -0.39 is 0 Å². The van der Waals surface area contributed by atoms with Gasteiger partial charge in [-0.3, -0.25) is 4.68 Å². The Morgan fingerprint density at radius 2 is 2.14 bits per heavy atom. The molecule has 0 aromatic carbocycles. The average molecular weight is 285 g/mol. The summed E-state index contributed by atoms with van der Waals surface area (Å²) in [6.07, 6.45) is 7.46. The van der Waals surface area contributed by atoms with Crippen LogP contribution in [-0.4, -0.2) is 26.3 Å². The van der Waals surface area contributed by atoms with Crippen molar-refractivity contribution >= 4 is 5.82 Å². The Morgan fingerprint density at radius 3 is 2.76 bits per heavy atom. The van der Waals surface area contributed by atoms with Crippen LogP contribution < -0.4 is 5.32 Å². The first-order chi connectivity index (χ1) is 10.2. The minimum Gasteiger partial charge on any atom is -0.370 e. The lowest BCUT2D eigenvalue weighted by molar-refractivity contribution is 0.532. The molecular weight excluding hydrogens is 262 g/mol. The fourth-order valence-electron chi connectivity index (χ4n) is 2.26. The molecule has 112 valence electrons. The Kier molecular flexibility index (Phi) is 3.90. The second-order valence-corrected chi connectivity index (χ2v) is 6.01. The standard InChI is InChI=1S/C16H23N5/c1-4-7-17-15-8-14(12-5-6-12)19-16(20-15)13-9-18-21(10-13)11(2)3/h8-12H,4-7H2,1-3H3,(H,17,19,20). The van der Waals surface area contributed by atoms with Crippen LogP contribution in [0, 0.1) is 0 Å². The highest BCUT2D eigenvalue weighted by atomic mass is 15.3. The van der Waals surface area contributed by atoms with E-state index in [4.69, 9.17) is 4.98 Å². The van der Waals surface area contributed by atoms with E-state index in [1.54, 1.807) is 0 Å². The molecule has 1 aliphatic carbocycles. The molecule has 5 nitrogen and oxygen atoms in total.